The Morgan fingerprint density at radius 1 is 1.10 bits per heavy atom. The summed E-state index contributed by atoms with van der Waals surface area (Å²) in [5, 5.41) is 0. The Labute approximate surface area is 166 Å². The summed E-state index contributed by atoms with van der Waals surface area (Å²) in [6, 6.07) is 17.6. The van der Waals surface area contributed by atoms with E-state index in [1.807, 2.05) is 68.4 Å². The molecule has 7 heteroatoms. The maximum atomic E-state index is 13.0. The second-order valence-corrected chi connectivity index (χ2v) is 6.82. The fourth-order valence-electron chi connectivity index (χ4n) is 3.64. The van der Waals surface area contributed by atoms with Crippen LogP contribution in [0.3, 0.4) is 0 Å². The summed E-state index contributed by atoms with van der Waals surface area (Å²) in [5.74, 6) is 0.644. The van der Waals surface area contributed by atoms with Crippen LogP contribution >= 0.6 is 0 Å². The summed E-state index contributed by atoms with van der Waals surface area (Å²) in [7, 11) is 0. The first kappa shape index (κ1) is 17.2. The minimum Gasteiger partial charge on any atom is -0.426 e. The predicted molar refractivity (Wildman–Crippen MR) is 112 cm³/mol. The number of aryl methyl sites for hydroxylation is 2. The number of fused-ring (bicyclic) bond motifs is 2. The maximum Gasteiger partial charge on any atom is 0.334 e. The minimum absolute atomic E-state index is 0.102. The molecule has 0 fully saturated rings. The molecule has 144 valence electrons. The third kappa shape index (κ3) is 2.79. The molecule has 0 unspecified atom stereocenters. The van der Waals surface area contributed by atoms with Crippen LogP contribution in [-0.2, 0) is 6.54 Å². The highest BCUT2D eigenvalue weighted by atomic mass is 16.5. The van der Waals surface area contributed by atoms with Gasteiger partial charge in [0, 0.05) is 12.7 Å². The number of ether oxygens (including phenoxy) is 1. The lowest BCUT2D eigenvalue weighted by Crippen LogP contribution is -2.23. The summed E-state index contributed by atoms with van der Waals surface area (Å²) in [5.41, 5.74) is 4.82. The molecule has 7 nitrogen and oxygen atoms in total. The first-order valence-corrected chi connectivity index (χ1v) is 9.45. The van der Waals surface area contributed by atoms with E-state index in [-0.39, 0.29) is 5.69 Å². The quantitative estimate of drug-likeness (QED) is 0.503. The van der Waals surface area contributed by atoms with Crippen LogP contribution in [0.1, 0.15) is 12.5 Å². The molecule has 0 saturated heterocycles. The second-order valence-electron chi connectivity index (χ2n) is 6.82. The number of nitrogens with one attached hydrogen (secondary N) is 1. The summed E-state index contributed by atoms with van der Waals surface area (Å²) < 4.78 is 9.28. The fourth-order valence-corrected chi connectivity index (χ4v) is 3.64. The number of hydrogen-bond acceptors (Lipinski definition) is 4. The van der Waals surface area contributed by atoms with Gasteiger partial charge in [0.1, 0.15) is 5.75 Å². The molecule has 0 aliphatic rings. The molecule has 5 rings (SSSR count). The number of hydrogen-bond donors (Lipinski definition) is 1. The zero-order valence-electron chi connectivity index (χ0n) is 16.1. The zero-order chi connectivity index (χ0) is 20.0. The van der Waals surface area contributed by atoms with Crippen LogP contribution in [0.2, 0.25) is 0 Å². The number of imidazole rings is 2. The van der Waals surface area contributed by atoms with E-state index in [0.717, 1.165) is 27.8 Å². The van der Waals surface area contributed by atoms with Crippen molar-refractivity contribution in [2.75, 3.05) is 0 Å². The number of para-hydroxylation sites is 2. The first-order valence-electron chi connectivity index (χ1n) is 9.45. The number of H-pyrrole nitrogens is 1. The highest BCUT2D eigenvalue weighted by molar-refractivity contribution is 5.76. The van der Waals surface area contributed by atoms with E-state index in [4.69, 9.17) is 4.74 Å². The monoisotopic (exact) mass is 385 g/mol. The van der Waals surface area contributed by atoms with Crippen molar-refractivity contribution in [2.45, 2.75) is 20.4 Å². The molecule has 0 radical (unpaired) electrons. The minimum atomic E-state index is -0.102. The Balaban J connectivity index is 1.56. The summed E-state index contributed by atoms with van der Waals surface area (Å²) >= 11 is 0. The summed E-state index contributed by atoms with van der Waals surface area (Å²) in [6.07, 6.45) is 1.70. The topological polar surface area (TPSA) is 77.7 Å². The number of pyridine rings is 1. The van der Waals surface area contributed by atoms with Crippen molar-refractivity contribution >= 4 is 22.2 Å². The molecule has 29 heavy (non-hydrogen) atoms. The molecule has 0 bridgehead atoms. The van der Waals surface area contributed by atoms with Crippen LogP contribution in [0.25, 0.3) is 27.9 Å². The number of aromatic nitrogens is 5. The van der Waals surface area contributed by atoms with Crippen LogP contribution in [0.15, 0.2) is 65.6 Å². The van der Waals surface area contributed by atoms with E-state index in [1.54, 1.807) is 15.3 Å². The lowest BCUT2D eigenvalue weighted by molar-refractivity contribution is 0.449. The van der Waals surface area contributed by atoms with Gasteiger partial charge in [-0.2, -0.15) is 4.98 Å². The lowest BCUT2D eigenvalue weighted by Gasteiger charge is -2.09. The van der Waals surface area contributed by atoms with Crippen LogP contribution in [-0.4, -0.2) is 24.1 Å². The van der Waals surface area contributed by atoms with Crippen molar-refractivity contribution in [1.82, 2.24) is 24.1 Å². The molecule has 0 saturated carbocycles. The molecule has 2 aromatic carbocycles. The highest BCUT2D eigenvalue weighted by Gasteiger charge is 2.16. The van der Waals surface area contributed by atoms with Gasteiger partial charge in [-0.25, -0.2) is 14.3 Å². The highest BCUT2D eigenvalue weighted by Crippen LogP contribution is 2.26. The molecule has 3 aromatic heterocycles. The standard InChI is InChI=1S/C22H19N5O2/c1-3-26-19-9-6-12-23-20(19)27(22(26)28)18-11-10-15(13-14(18)2)29-21-24-16-7-4-5-8-17(16)25-21/h4-13H,3H2,1-2H3,(H,24,25). The normalized spacial score (nSPS) is 11.4. The van der Waals surface area contributed by atoms with Gasteiger partial charge < -0.3 is 9.72 Å². The molecule has 0 aliphatic heterocycles. The van der Waals surface area contributed by atoms with Crippen LogP contribution in [0, 0.1) is 6.92 Å². The molecule has 0 aliphatic carbocycles. The van der Waals surface area contributed by atoms with E-state index < -0.39 is 0 Å². The van der Waals surface area contributed by atoms with Crippen molar-refractivity contribution in [1.29, 1.82) is 0 Å². The van der Waals surface area contributed by atoms with Crippen LogP contribution < -0.4 is 10.4 Å². The number of nitrogens with zero attached hydrogens (tertiary/aromatic N) is 4. The van der Waals surface area contributed by atoms with Gasteiger partial charge in [-0.1, -0.05) is 12.1 Å². The Morgan fingerprint density at radius 2 is 1.97 bits per heavy atom. The summed E-state index contributed by atoms with van der Waals surface area (Å²) in [4.78, 5) is 25.0. The molecule has 1 N–H and O–H groups in total. The molecule has 0 atom stereocenters. The molecular formula is C22H19N5O2. The van der Waals surface area contributed by atoms with E-state index in [1.165, 1.54) is 0 Å². The molecule has 0 amide bonds. The van der Waals surface area contributed by atoms with Crippen LogP contribution in [0.5, 0.6) is 11.8 Å². The maximum absolute atomic E-state index is 13.0. The van der Waals surface area contributed by atoms with Gasteiger partial charge in [0.2, 0.25) is 0 Å². The zero-order valence-corrected chi connectivity index (χ0v) is 16.1. The van der Waals surface area contributed by atoms with Crippen LogP contribution in [0.4, 0.5) is 0 Å². The van der Waals surface area contributed by atoms with Crippen molar-refractivity contribution in [2.24, 2.45) is 0 Å². The largest absolute Gasteiger partial charge is 0.426 e. The Morgan fingerprint density at radius 3 is 2.76 bits per heavy atom. The Kier molecular flexibility index (Phi) is 3.94. The van der Waals surface area contributed by atoms with Gasteiger partial charge in [0.05, 0.1) is 22.2 Å². The lowest BCUT2D eigenvalue weighted by atomic mass is 10.2. The van der Waals surface area contributed by atoms with Gasteiger partial charge >= 0.3 is 5.69 Å². The van der Waals surface area contributed by atoms with Crippen molar-refractivity contribution in [3.05, 3.63) is 76.8 Å². The van der Waals surface area contributed by atoms with Gasteiger partial charge in [0.15, 0.2) is 5.65 Å². The van der Waals surface area contributed by atoms with E-state index in [0.29, 0.717) is 24.0 Å². The molecule has 5 aromatic rings. The van der Waals surface area contributed by atoms with Gasteiger partial charge in [-0.3, -0.25) is 4.57 Å². The molecular weight excluding hydrogens is 366 g/mol. The number of benzene rings is 2. The van der Waals surface area contributed by atoms with Gasteiger partial charge in [0.25, 0.3) is 6.01 Å². The first-order chi connectivity index (χ1) is 14.2. The van der Waals surface area contributed by atoms with E-state index in [9.17, 15) is 4.79 Å². The fraction of sp³-hybridized carbons (Fsp3) is 0.136. The average molecular weight is 385 g/mol. The molecule has 0 spiro atoms. The van der Waals surface area contributed by atoms with E-state index in [2.05, 4.69) is 15.0 Å². The van der Waals surface area contributed by atoms with Gasteiger partial charge in [-0.15, -0.1) is 0 Å². The van der Waals surface area contributed by atoms with Crippen molar-refractivity contribution < 1.29 is 4.74 Å². The average Bonchev–Trinajstić information content (AvgIpc) is 3.25. The van der Waals surface area contributed by atoms with E-state index >= 15 is 0 Å². The smallest absolute Gasteiger partial charge is 0.334 e. The second kappa shape index (κ2) is 6.63. The third-order valence-corrected chi connectivity index (χ3v) is 5.00. The third-order valence-electron chi connectivity index (χ3n) is 5.00. The van der Waals surface area contributed by atoms with Gasteiger partial charge in [-0.05, 0) is 61.9 Å². The number of aromatic amines is 1. The Bertz CT molecular complexity index is 1380. The molecule has 3 heterocycles. The SMILES string of the molecule is CCn1c(=O)n(-c2ccc(Oc3nc4ccccc4[nH]3)cc2C)c2ncccc21. The predicted octanol–water partition coefficient (Wildman–Crippen LogP) is 4.18. The van der Waals surface area contributed by atoms with Crippen molar-refractivity contribution in [3.63, 3.8) is 0 Å². The summed E-state index contributed by atoms with van der Waals surface area (Å²) in [6.45, 7) is 4.49. The Hall–Kier alpha value is -3.87. The van der Waals surface area contributed by atoms with Crippen molar-refractivity contribution in [3.8, 4) is 17.4 Å². The number of rotatable bonds is 4.